The Balaban J connectivity index is 0.00000131. The quantitative estimate of drug-likeness (QED) is 0.793. The van der Waals surface area contributed by atoms with Crippen molar-refractivity contribution < 1.29 is 4.79 Å². The normalized spacial score (nSPS) is 16.7. The first-order valence-corrected chi connectivity index (χ1v) is 9.21. The van der Waals surface area contributed by atoms with Crippen molar-refractivity contribution in [1.29, 1.82) is 0 Å². The summed E-state index contributed by atoms with van der Waals surface area (Å²) in [4.78, 5) is 15.1. The third-order valence-electron chi connectivity index (χ3n) is 5.32. The molecule has 0 saturated carbocycles. The van der Waals surface area contributed by atoms with E-state index in [4.69, 9.17) is 0 Å². The number of nitrogens with one attached hydrogen (secondary N) is 2. The minimum Gasteiger partial charge on any atom is -0.350 e. The summed E-state index contributed by atoms with van der Waals surface area (Å²) >= 11 is 0. The molecule has 2 aliphatic rings. The molecule has 0 radical (unpaired) electrons. The zero-order valence-corrected chi connectivity index (χ0v) is 17.0. The molecule has 0 spiro atoms. The lowest BCUT2D eigenvalue weighted by molar-refractivity contribution is 0.0938. The number of benzene rings is 2. The van der Waals surface area contributed by atoms with Crippen LogP contribution in [-0.2, 0) is 13.1 Å². The average molecular weight is 408 g/mol. The fourth-order valence-electron chi connectivity index (χ4n) is 3.91. The Kier molecular flexibility index (Phi) is 8.11. The van der Waals surface area contributed by atoms with Gasteiger partial charge in [0, 0.05) is 25.2 Å². The zero-order valence-electron chi connectivity index (χ0n) is 15.3. The second kappa shape index (κ2) is 10.1. The first kappa shape index (κ1) is 21.7. The van der Waals surface area contributed by atoms with Crippen molar-refractivity contribution in [2.45, 2.75) is 32.0 Å². The van der Waals surface area contributed by atoms with Crippen molar-refractivity contribution in [2.24, 2.45) is 0 Å². The highest BCUT2D eigenvalue weighted by molar-refractivity contribution is 5.94. The van der Waals surface area contributed by atoms with Crippen molar-refractivity contribution in [3.8, 4) is 0 Å². The largest absolute Gasteiger partial charge is 0.350 e. The fourth-order valence-corrected chi connectivity index (χ4v) is 3.91. The monoisotopic (exact) mass is 407 g/mol. The topological polar surface area (TPSA) is 44.4 Å². The average Bonchev–Trinajstić information content (AvgIpc) is 3.34. The number of hydrogen-bond acceptors (Lipinski definition) is 3. The molecule has 1 unspecified atom stereocenters. The van der Waals surface area contributed by atoms with Crippen LogP contribution in [0.25, 0.3) is 0 Å². The first-order valence-electron chi connectivity index (χ1n) is 9.21. The van der Waals surface area contributed by atoms with E-state index in [9.17, 15) is 4.79 Å². The molecule has 0 bridgehead atoms. The van der Waals surface area contributed by atoms with Gasteiger partial charge >= 0.3 is 0 Å². The van der Waals surface area contributed by atoms with Crippen LogP contribution < -0.4 is 10.6 Å². The Morgan fingerprint density at radius 1 is 1.00 bits per heavy atom. The molecule has 1 fully saturated rings. The van der Waals surface area contributed by atoms with Crippen molar-refractivity contribution in [3.63, 3.8) is 0 Å². The number of rotatable bonds is 5. The molecule has 0 aliphatic carbocycles. The van der Waals surface area contributed by atoms with E-state index in [0.29, 0.717) is 6.54 Å². The summed E-state index contributed by atoms with van der Waals surface area (Å²) in [7, 11) is 0. The summed E-state index contributed by atoms with van der Waals surface area (Å²) in [6, 6.07) is 16.8. The van der Waals surface area contributed by atoms with Crippen molar-refractivity contribution in [3.05, 3.63) is 70.8 Å². The van der Waals surface area contributed by atoms with Gasteiger partial charge in [0.25, 0.3) is 5.91 Å². The van der Waals surface area contributed by atoms with Crippen LogP contribution in [0.2, 0.25) is 0 Å². The first-order chi connectivity index (χ1) is 12.3. The molecule has 1 amide bonds. The highest BCUT2D eigenvalue weighted by Gasteiger charge is 2.24. The molecule has 2 aliphatic heterocycles. The van der Waals surface area contributed by atoms with Crippen LogP contribution in [-0.4, -0.2) is 30.4 Å². The lowest BCUT2D eigenvalue weighted by Crippen LogP contribution is -2.36. The highest BCUT2D eigenvalue weighted by Crippen LogP contribution is 2.24. The van der Waals surface area contributed by atoms with E-state index in [0.717, 1.165) is 31.7 Å². The van der Waals surface area contributed by atoms with Crippen molar-refractivity contribution >= 4 is 30.7 Å². The summed E-state index contributed by atoms with van der Waals surface area (Å²) in [5, 5.41) is 6.49. The number of likely N-dealkylation sites (tertiary alicyclic amines) is 1. The molecule has 1 atom stereocenters. The standard InChI is InChI=1S/C21H25N3O.2ClH/c25-21(17-8-9-18-13-22-14-19(18)12-17)23-15-20(24-10-4-5-11-24)16-6-2-1-3-7-16;;/h1-3,6-9,12,20,22H,4-5,10-11,13-15H2,(H,23,25);2*1H. The van der Waals surface area contributed by atoms with E-state index in [2.05, 4.69) is 45.9 Å². The summed E-state index contributed by atoms with van der Waals surface area (Å²) in [5.41, 5.74) is 4.58. The summed E-state index contributed by atoms with van der Waals surface area (Å²) in [5.74, 6) is 0.0230. The van der Waals surface area contributed by atoms with Crippen LogP contribution in [0, 0.1) is 0 Å². The lowest BCUT2D eigenvalue weighted by Gasteiger charge is -2.28. The Hall–Kier alpha value is -1.59. The summed E-state index contributed by atoms with van der Waals surface area (Å²) in [6.07, 6.45) is 2.49. The van der Waals surface area contributed by atoms with Gasteiger partial charge in [-0.1, -0.05) is 36.4 Å². The van der Waals surface area contributed by atoms with Crippen LogP contribution >= 0.6 is 24.8 Å². The molecular weight excluding hydrogens is 381 g/mol. The number of nitrogens with zero attached hydrogens (tertiary/aromatic N) is 1. The molecular formula is C21H27Cl2N3O. The Morgan fingerprint density at radius 3 is 2.44 bits per heavy atom. The third-order valence-corrected chi connectivity index (χ3v) is 5.32. The SMILES string of the molecule is Cl.Cl.O=C(NCC(c1ccccc1)N1CCCC1)c1ccc2c(c1)CNC2. The third kappa shape index (κ3) is 5.02. The maximum absolute atomic E-state index is 12.6. The van der Waals surface area contributed by atoms with Gasteiger partial charge in [-0.15, -0.1) is 24.8 Å². The van der Waals surface area contributed by atoms with Gasteiger partial charge in [-0.05, 0) is 54.8 Å². The fraction of sp³-hybridized carbons (Fsp3) is 0.381. The molecule has 27 heavy (non-hydrogen) atoms. The molecule has 2 aromatic rings. The van der Waals surface area contributed by atoms with E-state index < -0.39 is 0 Å². The predicted octanol–water partition coefficient (Wildman–Crippen LogP) is 3.70. The van der Waals surface area contributed by atoms with E-state index >= 15 is 0 Å². The van der Waals surface area contributed by atoms with Gasteiger partial charge in [0.1, 0.15) is 0 Å². The number of carbonyl (C=O) groups is 1. The van der Waals surface area contributed by atoms with Crippen molar-refractivity contribution in [1.82, 2.24) is 15.5 Å². The van der Waals surface area contributed by atoms with Crippen LogP contribution in [0.3, 0.4) is 0 Å². The molecule has 1 saturated heterocycles. The van der Waals surface area contributed by atoms with Crippen LogP contribution in [0.4, 0.5) is 0 Å². The van der Waals surface area contributed by atoms with Gasteiger partial charge in [0.15, 0.2) is 0 Å². The smallest absolute Gasteiger partial charge is 0.251 e. The molecule has 0 aromatic heterocycles. The molecule has 2 aromatic carbocycles. The van der Waals surface area contributed by atoms with Gasteiger partial charge in [-0.3, -0.25) is 9.69 Å². The van der Waals surface area contributed by atoms with E-state index in [1.165, 1.54) is 29.5 Å². The molecule has 4 rings (SSSR count). The number of amides is 1. The second-order valence-corrected chi connectivity index (χ2v) is 6.97. The van der Waals surface area contributed by atoms with E-state index in [1.807, 2.05) is 18.2 Å². The number of fused-ring (bicyclic) bond motifs is 1. The molecule has 146 valence electrons. The zero-order chi connectivity index (χ0) is 17.1. The maximum atomic E-state index is 12.6. The van der Waals surface area contributed by atoms with E-state index in [-0.39, 0.29) is 36.8 Å². The van der Waals surface area contributed by atoms with Gasteiger partial charge in [0.2, 0.25) is 0 Å². The van der Waals surface area contributed by atoms with Gasteiger partial charge in [-0.25, -0.2) is 0 Å². The van der Waals surface area contributed by atoms with Crippen LogP contribution in [0.15, 0.2) is 48.5 Å². The molecule has 2 N–H and O–H groups in total. The minimum absolute atomic E-state index is 0. The van der Waals surface area contributed by atoms with Gasteiger partial charge in [-0.2, -0.15) is 0 Å². The number of hydrogen-bond donors (Lipinski definition) is 2. The summed E-state index contributed by atoms with van der Waals surface area (Å²) in [6.45, 7) is 4.64. The van der Waals surface area contributed by atoms with Crippen LogP contribution in [0.1, 0.15) is 45.9 Å². The molecule has 2 heterocycles. The Morgan fingerprint density at radius 2 is 1.70 bits per heavy atom. The second-order valence-electron chi connectivity index (χ2n) is 6.97. The predicted molar refractivity (Wildman–Crippen MR) is 114 cm³/mol. The minimum atomic E-state index is 0. The number of halogens is 2. The molecule has 4 nitrogen and oxygen atoms in total. The van der Waals surface area contributed by atoms with Gasteiger partial charge < -0.3 is 10.6 Å². The molecule has 6 heteroatoms. The number of carbonyl (C=O) groups excluding carboxylic acids is 1. The lowest BCUT2D eigenvalue weighted by atomic mass is 10.0. The highest BCUT2D eigenvalue weighted by atomic mass is 35.5. The van der Waals surface area contributed by atoms with Crippen LogP contribution in [0.5, 0.6) is 0 Å². The summed E-state index contributed by atoms with van der Waals surface area (Å²) < 4.78 is 0. The van der Waals surface area contributed by atoms with Crippen molar-refractivity contribution in [2.75, 3.05) is 19.6 Å². The Bertz CT molecular complexity index is 748. The maximum Gasteiger partial charge on any atom is 0.251 e. The Labute approximate surface area is 173 Å². The van der Waals surface area contributed by atoms with Gasteiger partial charge in [0.05, 0.1) is 6.04 Å². The van der Waals surface area contributed by atoms with E-state index in [1.54, 1.807) is 0 Å².